The van der Waals surface area contributed by atoms with E-state index in [1.807, 2.05) is 18.3 Å². The first-order valence-electron chi connectivity index (χ1n) is 8.30. The van der Waals surface area contributed by atoms with E-state index in [0.717, 1.165) is 35.7 Å². The SMILES string of the molecule is COC(=O)c1cc(C(=O)NCCc2c[nH]c3ccc(Cl)cc23)cc([N+](=O)[O-])c1. The molecule has 3 aromatic rings. The molecule has 0 fully saturated rings. The van der Waals surface area contributed by atoms with Gasteiger partial charge < -0.3 is 15.0 Å². The summed E-state index contributed by atoms with van der Waals surface area (Å²) >= 11 is 6.03. The van der Waals surface area contributed by atoms with Gasteiger partial charge in [0.15, 0.2) is 0 Å². The highest BCUT2D eigenvalue weighted by atomic mass is 35.5. The van der Waals surface area contributed by atoms with E-state index in [2.05, 4.69) is 15.0 Å². The third-order valence-corrected chi connectivity index (χ3v) is 4.46. The van der Waals surface area contributed by atoms with E-state index in [1.165, 1.54) is 6.07 Å². The Bertz CT molecular complexity index is 1080. The lowest BCUT2D eigenvalue weighted by Gasteiger charge is -2.07. The molecule has 1 heterocycles. The minimum absolute atomic E-state index is 0.0107. The first-order chi connectivity index (χ1) is 13.4. The maximum absolute atomic E-state index is 12.4. The number of hydrogen-bond acceptors (Lipinski definition) is 5. The average molecular weight is 402 g/mol. The van der Waals surface area contributed by atoms with E-state index in [-0.39, 0.29) is 16.8 Å². The first-order valence-corrected chi connectivity index (χ1v) is 8.68. The molecule has 2 N–H and O–H groups in total. The second kappa shape index (κ2) is 8.10. The van der Waals surface area contributed by atoms with Crippen molar-refractivity contribution in [1.82, 2.24) is 10.3 Å². The summed E-state index contributed by atoms with van der Waals surface area (Å²) < 4.78 is 4.58. The number of esters is 1. The van der Waals surface area contributed by atoms with Crippen molar-refractivity contribution in [3.8, 4) is 0 Å². The van der Waals surface area contributed by atoms with Gasteiger partial charge in [-0.1, -0.05) is 11.6 Å². The van der Waals surface area contributed by atoms with E-state index < -0.39 is 16.8 Å². The summed E-state index contributed by atoms with van der Waals surface area (Å²) in [7, 11) is 1.16. The summed E-state index contributed by atoms with van der Waals surface area (Å²) in [5.41, 5.74) is 1.50. The number of fused-ring (bicyclic) bond motifs is 1. The highest BCUT2D eigenvalue weighted by Gasteiger charge is 2.18. The zero-order valence-corrected chi connectivity index (χ0v) is 15.6. The Morgan fingerprint density at radius 1 is 1.21 bits per heavy atom. The minimum atomic E-state index is -0.756. The minimum Gasteiger partial charge on any atom is -0.465 e. The fourth-order valence-electron chi connectivity index (χ4n) is 2.85. The van der Waals surface area contributed by atoms with Gasteiger partial charge in [0.2, 0.25) is 0 Å². The molecular weight excluding hydrogens is 386 g/mol. The molecule has 28 heavy (non-hydrogen) atoms. The summed E-state index contributed by atoms with van der Waals surface area (Å²) in [4.78, 5) is 37.6. The van der Waals surface area contributed by atoms with Gasteiger partial charge in [0.1, 0.15) is 0 Å². The molecule has 0 atom stereocenters. The monoisotopic (exact) mass is 401 g/mol. The summed E-state index contributed by atoms with van der Waals surface area (Å²) in [5.74, 6) is -1.28. The van der Waals surface area contributed by atoms with Crippen LogP contribution in [-0.2, 0) is 11.2 Å². The fraction of sp³-hybridized carbons (Fsp3) is 0.158. The van der Waals surface area contributed by atoms with Gasteiger partial charge in [-0.3, -0.25) is 14.9 Å². The van der Waals surface area contributed by atoms with Crippen LogP contribution in [0.3, 0.4) is 0 Å². The quantitative estimate of drug-likeness (QED) is 0.373. The van der Waals surface area contributed by atoms with Crippen LogP contribution in [0.25, 0.3) is 10.9 Å². The van der Waals surface area contributed by atoms with Crippen molar-refractivity contribution in [2.45, 2.75) is 6.42 Å². The molecule has 0 spiro atoms. The van der Waals surface area contributed by atoms with Gasteiger partial charge in [0, 0.05) is 46.4 Å². The number of nitro benzene ring substituents is 1. The van der Waals surface area contributed by atoms with Crippen molar-refractivity contribution < 1.29 is 19.2 Å². The van der Waals surface area contributed by atoms with Gasteiger partial charge in [-0.2, -0.15) is 0 Å². The molecule has 144 valence electrons. The van der Waals surface area contributed by atoms with Crippen LogP contribution in [0.2, 0.25) is 5.02 Å². The molecule has 0 aliphatic carbocycles. The topological polar surface area (TPSA) is 114 Å². The lowest BCUT2D eigenvalue weighted by molar-refractivity contribution is -0.384. The predicted octanol–water partition coefficient (Wildman–Crippen LogP) is 3.49. The molecule has 0 saturated carbocycles. The number of benzene rings is 2. The highest BCUT2D eigenvalue weighted by molar-refractivity contribution is 6.31. The lowest BCUT2D eigenvalue weighted by Crippen LogP contribution is -2.26. The smallest absolute Gasteiger partial charge is 0.338 e. The van der Waals surface area contributed by atoms with Crippen LogP contribution in [0.1, 0.15) is 26.3 Å². The zero-order chi connectivity index (χ0) is 20.3. The van der Waals surface area contributed by atoms with E-state index in [4.69, 9.17) is 11.6 Å². The molecule has 0 radical (unpaired) electrons. The number of rotatable bonds is 6. The number of aromatic amines is 1. The molecule has 0 aliphatic rings. The Morgan fingerprint density at radius 3 is 2.68 bits per heavy atom. The van der Waals surface area contributed by atoms with Crippen molar-refractivity contribution >= 4 is 40.1 Å². The number of carbonyl (C=O) groups excluding carboxylic acids is 2. The average Bonchev–Trinajstić information content (AvgIpc) is 3.08. The number of amides is 1. The zero-order valence-electron chi connectivity index (χ0n) is 14.8. The van der Waals surface area contributed by atoms with E-state index in [1.54, 1.807) is 6.07 Å². The Labute approximate surface area is 164 Å². The molecule has 0 bridgehead atoms. The Hall–Kier alpha value is -3.39. The second-order valence-electron chi connectivity index (χ2n) is 6.03. The number of nitrogens with zero attached hydrogens (tertiary/aromatic N) is 1. The van der Waals surface area contributed by atoms with Gasteiger partial charge in [-0.15, -0.1) is 0 Å². The van der Waals surface area contributed by atoms with Crippen LogP contribution in [0.5, 0.6) is 0 Å². The number of aromatic nitrogens is 1. The van der Waals surface area contributed by atoms with E-state index >= 15 is 0 Å². The van der Waals surface area contributed by atoms with Crippen molar-refractivity contribution in [1.29, 1.82) is 0 Å². The highest BCUT2D eigenvalue weighted by Crippen LogP contribution is 2.23. The molecule has 0 saturated heterocycles. The molecule has 3 rings (SSSR count). The second-order valence-corrected chi connectivity index (χ2v) is 6.46. The van der Waals surface area contributed by atoms with Crippen molar-refractivity contribution in [2.24, 2.45) is 0 Å². The molecule has 1 amide bonds. The fourth-order valence-corrected chi connectivity index (χ4v) is 3.03. The molecule has 8 nitrogen and oxygen atoms in total. The summed E-state index contributed by atoms with van der Waals surface area (Å²) in [6, 6.07) is 8.95. The van der Waals surface area contributed by atoms with Crippen LogP contribution in [0.4, 0.5) is 5.69 Å². The molecule has 0 aliphatic heterocycles. The number of hydrogen-bond donors (Lipinski definition) is 2. The Balaban J connectivity index is 1.73. The molecule has 2 aromatic carbocycles. The Morgan fingerprint density at radius 2 is 1.96 bits per heavy atom. The maximum atomic E-state index is 12.4. The molecule has 9 heteroatoms. The van der Waals surface area contributed by atoms with Gasteiger partial charge in [-0.25, -0.2) is 4.79 Å². The molecule has 0 unspecified atom stereocenters. The summed E-state index contributed by atoms with van der Waals surface area (Å²) in [6.07, 6.45) is 2.38. The van der Waals surface area contributed by atoms with Crippen molar-refractivity contribution in [2.75, 3.05) is 13.7 Å². The van der Waals surface area contributed by atoms with Crippen LogP contribution < -0.4 is 5.32 Å². The Kier molecular flexibility index (Phi) is 5.60. The predicted molar refractivity (Wildman–Crippen MR) is 104 cm³/mol. The van der Waals surface area contributed by atoms with E-state index in [0.29, 0.717) is 18.0 Å². The van der Waals surface area contributed by atoms with Gasteiger partial charge in [0.05, 0.1) is 17.6 Å². The van der Waals surface area contributed by atoms with Crippen molar-refractivity contribution in [3.05, 3.63) is 74.4 Å². The first kappa shape index (κ1) is 19.4. The number of nitrogens with one attached hydrogen (secondary N) is 2. The van der Waals surface area contributed by atoms with Gasteiger partial charge in [-0.05, 0) is 36.2 Å². The third kappa shape index (κ3) is 4.12. The van der Waals surface area contributed by atoms with Crippen LogP contribution in [0, 0.1) is 10.1 Å². The van der Waals surface area contributed by atoms with Crippen LogP contribution in [-0.4, -0.2) is 35.4 Å². The number of carbonyl (C=O) groups is 2. The number of halogens is 1. The van der Waals surface area contributed by atoms with E-state index in [9.17, 15) is 19.7 Å². The molecular formula is C19H16ClN3O5. The summed E-state index contributed by atoms with van der Waals surface area (Å²) in [6.45, 7) is 0.300. The van der Waals surface area contributed by atoms with Crippen LogP contribution in [0.15, 0.2) is 42.6 Å². The number of nitro groups is 1. The lowest BCUT2D eigenvalue weighted by atomic mass is 10.1. The van der Waals surface area contributed by atoms with Gasteiger partial charge in [0.25, 0.3) is 11.6 Å². The number of non-ortho nitro benzene ring substituents is 1. The maximum Gasteiger partial charge on any atom is 0.338 e. The number of H-pyrrole nitrogens is 1. The number of methoxy groups -OCH3 is 1. The third-order valence-electron chi connectivity index (χ3n) is 4.22. The standard InChI is InChI=1S/C19H16ClN3O5/c1-28-19(25)13-6-12(7-15(8-13)23(26)27)18(24)21-5-4-11-10-22-17-3-2-14(20)9-16(11)17/h2-3,6-10,22H,4-5H2,1H3,(H,21,24). The molecule has 1 aromatic heterocycles. The summed E-state index contributed by atoms with van der Waals surface area (Å²) in [5, 5.41) is 15.4. The van der Waals surface area contributed by atoms with Crippen LogP contribution >= 0.6 is 11.6 Å². The number of ether oxygens (including phenoxy) is 1. The van der Waals surface area contributed by atoms with Crippen molar-refractivity contribution in [3.63, 3.8) is 0 Å². The largest absolute Gasteiger partial charge is 0.465 e. The normalized spacial score (nSPS) is 10.6. The van der Waals surface area contributed by atoms with Gasteiger partial charge >= 0.3 is 5.97 Å².